The molecular formula is C24H20NiP. The zero-order valence-corrected chi connectivity index (χ0v) is 16.2. The minimum absolute atomic E-state index is 0.446. The van der Waals surface area contributed by atoms with Gasteiger partial charge in [-0.05, 0) is 23.8 Å². The van der Waals surface area contributed by atoms with Gasteiger partial charge in [0.2, 0.25) is 0 Å². The van der Waals surface area contributed by atoms with Crippen LogP contribution in [0.1, 0.15) is 0 Å². The predicted molar refractivity (Wildman–Crippen MR) is 111 cm³/mol. The maximum absolute atomic E-state index is 4.54. The van der Waals surface area contributed by atoms with Gasteiger partial charge in [-0.15, -0.1) is 0 Å². The number of hydrogen-bond donors (Lipinski definition) is 0. The Morgan fingerprint density at radius 2 is 0.654 bits per heavy atom. The second kappa shape index (κ2) is 10.1. The van der Waals surface area contributed by atoms with Crippen molar-refractivity contribution in [2.75, 3.05) is 0 Å². The fourth-order valence-corrected chi connectivity index (χ4v) is 5.08. The molecule has 0 atom stereocenters. The molecule has 0 bridgehead atoms. The van der Waals surface area contributed by atoms with Gasteiger partial charge in [0, 0.05) is 0 Å². The van der Waals surface area contributed by atoms with E-state index >= 15 is 0 Å². The Kier molecular flexibility index (Phi) is 7.20. The molecule has 0 aliphatic heterocycles. The smallest absolute Gasteiger partial charge is 0.0134 e. The van der Waals surface area contributed by atoms with Crippen LogP contribution in [0.25, 0.3) is 0 Å². The van der Waals surface area contributed by atoms with Crippen LogP contribution in [0.4, 0.5) is 0 Å². The number of hydrogen-bond acceptors (Lipinski definition) is 0. The summed E-state index contributed by atoms with van der Waals surface area (Å²) < 4.78 is 0.947. The van der Waals surface area contributed by atoms with Crippen LogP contribution < -0.4 is 20.4 Å². The van der Waals surface area contributed by atoms with Crippen molar-refractivity contribution in [1.82, 2.24) is 0 Å². The van der Waals surface area contributed by atoms with Gasteiger partial charge in [0.25, 0.3) is 0 Å². The molecule has 0 fully saturated rings. The van der Waals surface area contributed by atoms with Crippen molar-refractivity contribution in [3.05, 3.63) is 121 Å². The SMILES string of the molecule is [Ni][c]1ccccc1.c1ccc(P(c2ccccc2)c2ccccc2)cc1. The van der Waals surface area contributed by atoms with E-state index in [4.69, 9.17) is 0 Å². The molecule has 4 aromatic carbocycles. The monoisotopic (exact) mass is 397 g/mol. The molecule has 0 N–H and O–H groups in total. The van der Waals surface area contributed by atoms with Crippen molar-refractivity contribution >= 4 is 28.4 Å². The molecule has 0 aromatic heterocycles. The summed E-state index contributed by atoms with van der Waals surface area (Å²) in [6.45, 7) is 0. The third-order valence-corrected chi connectivity index (χ3v) is 6.53. The molecule has 0 aliphatic carbocycles. The summed E-state index contributed by atoms with van der Waals surface area (Å²) in [6, 6.07) is 42.0. The molecule has 0 unspecified atom stereocenters. The zero-order chi connectivity index (χ0) is 18.0. The minimum Gasteiger partial charge on any atom is -0.0622 e. The molecule has 4 rings (SSSR count). The maximum atomic E-state index is 4.54. The van der Waals surface area contributed by atoms with Crippen LogP contribution in [0.2, 0.25) is 0 Å². The molecular weight excluding hydrogens is 378 g/mol. The molecule has 0 heterocycles. The second-order valence-corrected chi connectivity index (χ2v) is 8.39. The normalized spacial score (nSPS) is 10.1. The van der Waals surface area contributed by atoms with Gasteiger partial charge >= 0.3 is 50.3 Å². The summed E-state index contributed by atoms with van der Waals surface area (Å²) in [6.07, 6.45) is 0. The quantitative estimate of drug-likeness (QED) is 0.357. The van der Waals surface area contributed by atoms with Gasteiger partial charge in [0.05, 0.1) is 0 Å². The van der Waals surface area contributed by atoms with Crippen molar-refractivity contribution in [3.8, 4) is 0 Å². The van der Waals surface area contributed by atoms with Crippen molar-refractivity contribution in [1.29, 1.82) is 0 Å². The van der Waals surface area contributed by atoms with Crippen LogP contribution >= 0.6 is 7.92 Å². The molecule has 0 saturated heterocycles. The summed E-state index contributed by atoms with van der Waals surface area (Å²) in [5, 5.41) is 4.19. The van der Waals surface area contributed by atoms with Crippen molar-refractivity contribution < 1.29 is 15.5 Å². The van der Waals surface area contributed by atoms with E-state index in [2.05, 4.69) is 106 Å². The number of rotatable bonds is 3. The molecule has 0 saturated carbocycles. The summed E-state index contributed by atoms with van der Waals surface area (Å²) >= 11 is 4.54. The first-order chi connectivity index (χ1) is 12.8. The third kappa shape index (κ3) is 5.40. The average molecular weight is 398 g/mol. The summed E-state index contributed by atoms with van der Waals surface area (Å²) in [4.78, 5) is 0. The first-order valence-electron chi connectivity index (χ1n) is 8.47. The van der Waals surface area contributed by atoms with E-state index in [9.17, 15) is 0 Å². The first-order valence-corrected chi connectivity index (χ1v) is 10.3. The van der Waals surface area contributed by atoms with E-state index in [1.807, 2.05) is 30.3 Å². The van der Waals surface area contributed by atoms with E-state index in [0.29, 0.717) is 0 Å². The topological polar surface area (TPSA) is 0 Å². The molecule has 26 heavy (non-hydrogen) atoms. The number of benzene rings is 4. The van der Waals surface area contributed by atoms with Crippen molar-refractivity contribution in [2.45, 2.75) is 0 Å². The van der Waals surface area contributed by atoms with Gasteiger partial charge in [-0.3, -0.25) is 0 Å². The molecule has 131 valence electrons. The Bertz CT molecular complexity index is 784. The fraction of sp³-hybridized carbons (Fsp3) is 0. The maximum Gasteiger partial charge on any atom is -0.0134 e. The Balaban J connectivity index is 0.000000236. The Morgan fingerprint density at radius 3 is 0.885 bits per heavy atom. The van der Waals surface area contributed by atoms with Gasteiger partial charge in [0.15, 0.2) is 0 Å². The van der Waals surface area contributed by atoms with Crippen LogP contribution in [-0.2, 0) is 15.5 Å². The average Bonchev–Trinajstić information content (AvgIpc) is 2.72. The van der Waals surface area contributed by atoms with E-state index in [-0.39, 0.29) is 0 Å². The van der Waals surface area contributed by atoms with E-state index in [1.165, 1.54) is 15.9 Å². The van der Waals surface area contributed by atoms with Gasteiger partial charge in [-0.25, -0.2) is 0 Å². The van der Waals surface area contributed by atoms with Crippen LogP contribution in [0.3, 0.4) is 0 Å². The predicted octanol–water partition coefficient (Wildman–Crippen LogP) is 4.30. The Labute approximate surface area is 165 Å². The van der Waals surface area contributed by atoms with E-state index in [1.54, 1.807) is 0 Å². The summed E-state index contributed by atoms with van der Waals surface area (Å²) in [7, 11) is -0.446. The Morgan fingerprint density at radius 1 is 0.385 bits per heavy atom. The molecule has 0 aliphatic rings. The minimum atomic E-state index is -0.446. The molecule has 2 heteroatoms. The van der Waals surface area contributed by atoms with Gasteiger partial charge in [-0.1, -0.05) is 91.0 Å². The van der Waals surface area contributed by atoms with Crippen LogP contribution in [-0.4, -0.2) is 0 Å². The molecule has 0 spiro atoms. The van der Waals surface area contributed by atoms with Crippen molar-refractivity contribution in [3.63, 3.8) is 0 Å². The molecule has 0 nitrogen and oxygen atoms in total. The van der Waals surface area contributed by atoms with Crippen LogP contribution in [0.5, 0.6) is 0 Å². The zero-order valence-electron chi connectivity index (χ0n) is 14.3. The largest absolute Gasteiger partial charge is 0.0622 e. The second-order valence-electron chi connectivity index (χ2n) is 5.60. The Hall–Kier alpha value is -2.20. The van der Waals surface area contributed by atoms with Gasteiger partial charge in [-0.2, -0.15) is 0 Å². The van der Waals surface area contributed by atoms with Crippen LogP contribution in [0.15, 0.2) is 121 Å². The summed E-state index contributed by atoms with van der Waals surface area (Å²) in [5.41, 5.74) is 0. The standard InChI is InChI=1S/C18H15P.C6H5.Ni/c1-4-10-16(11-5-1)19(17-12-6-2-7-13-17)18-14-8-3-9-15-18;1-2-4-6-5-3-1;/h1-15H;1-5H;. The van der Waals surface area contributed by atoms with E-state index < -0.39 is 7.92 Å². The first kappa shape index (κ1) is 18.6. The van der Waals surface area contributed by atoms with Gasteiger partial charge < -0.3 is 0 Å². The van der Waals surface area contributed by atoms with E-state index in [0.717, 1.165) is 4.53 Å². The van der Waals surface area contributed by atoms with Gasteiger partial charge in [0.1, 0.15) is 0 Å². The van der Waals surface area contributed by atoms with Crippen molar-refractivity contribution in [2.24, 2.45) is 0 Å². The molecule has 0 radical (unpaired) electrons. The fourth-order valence-electron chi connectivity index (χ4n) is 2.58. The van der Waals surface area contributed by atoms with Crippen LogP contribution in [0, 0.1) is 0 Å². The third-order valence-electron chi connectivity index (χ3n) is 3.76. The summed E-state index contributed by atoms with van der Waals surface area (Å²) in [5.74, 6) is 0. The molecule has 4 aromatic rings. The molecule has 0 amide bonds.